The Morgan fingerprint density at radius 1 is 1.43 bits per heavy atom. The van der Waals surface area contributed by atoms with Crippen LogP contribution in [-0.2, 0) is 17.3 Å². The molecule has 0 unspecified atom stereocenters. The van der Waals surface area contributed by atoms with Crippen LogP contribution in [0, 0.1) is 0 Å². The van der Waals surface area contributed by atoms with Crippen LogP contribution in [0.15, 0.2) is 34.2 Å². The van der Waals surface area contributed by atoms with E-state index in [0.717, 1.165) is 28.3 Å². The molecule has 0 amide bonds. The maximum Gasteiger partial charge on any atom is 0.335 e. The van der Waals surface area contributed by atoms with E-state index in [4.69, 9.17) is 5.11 Å². The van der Waals surface area contributed by atoms with Crippen molar-refractivity contribution in [3.63, 3.8) is 0 Å². The molecule has 0 fully saturated rings. The minimum absolute atomic E-state index is 0.0632. The van der Waals surface area contributed by atoms with E-state index >= 15 is 0 Å². The first-order valence-electron chi connectivity index (χ1n) is 6.28. The molecular formula is C14H12N2O3S2. The Morgan fingerprint density at radius 3 is 3.10 bits per heavy atom. The van der Waals surface area contributed by atoms with Gasteiger partial charge >= 0.3 is 5.97 Å². The Balaban J connectivity index is 1.76. The number of aromatic amines is 1. The van der Waals surface area contributed by atoms with Crippen LogP contribution >= 0.6 is 23.5 Å². The van der Waals surface area contributed by atoms with Gasteiger partial charge < -0.3 is 10.1 Å². The Hall–Kier alpha value is -1.73. The number of benzene rings is 1. The van der Waals surface area contributed by atoms with Crippen molar-refractivity contribution in [3.05, 3.63) is 57.0 Å². The highest BCUT2D eigenvalue weighted by molar-refractivity contribution is 7.98. The van der Waals surface area contributed by atoms with Crippen molar-refractivity contribution in [2.75, 3.05) is 0 Å². The van der Waals surface area contributed by atoms with Gasteiger partial charge in [-0.25, -0.2) is 9.78 Å². The van der Waals surface area contributed by atoms with Crippen molar-refractivity contribution in [2.24, 2.45) is 0 Å². The molecule has 0 aliphatic carbocycles. The summed E-state index contributed by atoms with van der Waals surface area (Å²) in [7, 11) is 0. The fourth-order valence-corrected chi connectivity index (χ4v) is 3.91. The van der Waals surface area contributed by atoms with Gasteiger partial charge in [0, 0.05) is 22.8 Å². The maximum atomic E-state index is 11.9. The maximum absolute atomic E-state index is 11.9. The van der Waals surface area contributed by atoms with E-state index in [9.17, 15) is 9.59 Å². The molecule has 0 saturated carbocycles. The lowest BCUT2D eigenvalue weighted by atomic mass is 10.1. The Labute approximate surface area is 129 Å². The number of carboxylic acids is 1. The van der Waals surface area contributed by atoms with Gasteiger partial charge in [0.1, 0.15) is 0 Å². The van der Waals surface area contributed by atoms with Crippen LogP contribution < -0.4 is 5.56 Å². The first-order valence-corrected chi connectivity index (χ1v) is 8.42. The standard InChI is InChI=1S/C14H12N2O3S2/c17-12-10-6-20-7-11(10)15-14(16-12)21-5-8-2-1-3-9(4-8)13(18)19/h1-4H,5-7H2,(H,18,19)(H,15,16,17). The summed E-state index contributed by atoms with van der Waals surface area (Å²) in [5, 5.41) is 9.55. The summed E-state index contributed by atoms with van der Waals surface area (Å²) < 4.78 is 0. The Kier molecular flexibility index (Phi) is 4.03. The molecule has 0 radical (unpaired) electrons. The van der Waals surface area contributed by atoms with Crippen LogP contribution in [0.4, 0.5) is 0 Å². The molecule has 0 saturated heterocycles. The van der Waals surface area contributed by atoms with Crippen molar-refractivity contribution in [2.45, 2.75) is 22.4 Å². The van der Waals surface area contributed by atoms with Gasteiger partial charge in [0.25, 0.3) is 5.56 Å². The summed E-state index contributed by atoms with van der Waals surface area (Å²) in [5.41, 5.74) is 2.73. The van der Waals surface area contributed by atoms with Crippen LogP contribution in [-0.4, -0.2) is 21.0 Å². The van der Waals surface area contributed by atoms with Gasteiger partial charge in [-0.05, 0) is 17.7 Å². The lowest BCUT2D eigenvalue weighted by Gasteiger charge is -2.04. The minimum Gasteiger partial charge on any atom is -0.478 e. The molecule has 2 aromatic rings. The summed E-state index contributed by atoms with van der Waals surface area (Å²) in [6.07, 6.45) is 0. The molecule has 0 atom stereocenters. The average molecular weight is 320 g/mol. The molecule has 1 aromatic heterocycles. The van der Waals surface area contributed by atoms with E-state index in [1.165, 1.54) is 11.8 Å². The molecule has 2 heterocycles. The molecule has 2 N–H and O–H groups in total. The van der Waals surface area contributed by atoms with Crippen molar-refractivity contribution >= 4 is 29.5 Å². The first-order chi connectivity index (χ1) is 10.1. The second kappa shape index (κ2) is 5.95. The predicted molar refractivity (Wildman–Crippen MR) is 82.8 cm³/mol. The third-order valence-electron chi connectivity index (χ3n) is 3.11. The van der Waals surface area contributed by atoms with Crippen molar-refractivity contribution in [1.82, 2.24) is 9.97 Å². The second-order valence-electron chi connectivity index (χ2n) is 4.58. The third-order valence-corrected chi connectivity index (χ3v) is 5.03. The van der Waals surface area contributed by atoms with Gasteiger partial charge in [0.05, 0.1) is 11.3 Å². The lowest BCUT2D eigenvalue weighted by molar-refractivity contribution is 0.0697. The van der Waals surface area contributed by atoms with Crippen LogP contribution in [0.25, 0.3) is 0 Å². The Morgan fingerprint density at radius 2 is 2.29 bits per heavy atom. The number of H-pyrrole nitrogens is 1. The number of nitrogens with one attached hydrogen (secondary N) is 1. The van der Waals surface area contributed by atoms with Gasteiger partial charge in [0.2, 0.25) is 0 Å². The highest BCUT2D eigenvalue weighted by Crippen LogP contribution is 2.27. The zero-order valence-corrected chi connectivity index (χ0v) is 12.6. The molecule has 108 valence electrons. The Bertz CT molecular complexity index is 758. The van der Waals surface area contributed by atoms with Crippen molar-refractivity contribution in [3.8, 4) is 0 Å². The van der Waals surface area contributed by atoms with E-state index in [-0.39, 0.29) is 11.1 Å². The summed E-state index contributed by atoms with van der Waals surface area (Å²) in [5.74, 6) is 1.13. The van der Waals surface area contributed by atoms with Crippen LogP contribution in [0.1, 0.15) is 27.2 Å². The van der Waals surface area contributed by atoms with Crippen molar-refractivity contribution in [1.29, 1.82) is 0 Å². The van der Waals surface area contributed by atoms with E-state index in [1.54, 1.807) is 30.0 Å². The fourth-order valence-electron chi connectivity index (χ4n) is 2.05. The molecule has 1 aliphatic heterocycles. The van der Waals surface area contributed by atoms with E-state index in [1.807, 2.05) is 6.07 Å². The van der Waals surface area contributed by atoms with Gasteiger partial charge in [-0.3, -0.25) is 4.79 Å². The van der Waals surface area contributed by atoms with E-state index in [0.29, 0.717) is 10.9 Å². The summed E-state index contributed by atoms with van der Waals surface area (Å²) >= 11 is 3.09. The molecule has 0 spiro atoms. The highest BCUT2D eigenvalue weighted by atomic mass is 32.2. The van der Waals surface area contributed by atoms with Crippen molar-refractivity contribution < 1.29 is 9.90 Å². The SMILES string of the molecule is O=C(O)c1cccc(CSc2nc3c(c(=O)[nH]2)CSC3)c1. The van der Waals surface area contributed by atoms with Gasteiger partial charge in [0.15, 0.2) is 5.16 Å². The monoisotopic (exact) mass is 320 g/mol. The quantitative estimate of drug-likeness (QED) is 0.665. The number of aromatic carboxylic acids is 1. The number of hydrogen-bond donors (Lipinski definition) is 2. The zero-order chi connectivity index (χ0) is 14.8. The zero-order valence-electron chi connectivity index (χ0n) is 11.0. The molecule has 7 heteroatoms. The topological polar surface area (TPSA) is 83.0 Å². The summed E-state index contributed by atoms with van der Waals surface area (Å²) in [6, 6.07) is 6.77. The van der Waals surface area contributed by atoms with Crippen LogP contribution in [0.2, 0.25) is 0 Å². The first kappa shape index (κ1) is 14.2. The second-order valence-corrected chi connectivity index (χ2v) is 6.53. The van der Waals surface area contributed by atoms with E-state index in [2.05, 4.69) is 9.97 Å². The molecule has 5 nitrogen and oxygen atoms in total. The highest BCUT2D eigenvalue weighted by Gasteiger charge is 2.17. The minimum atomic E-state index is -0.942. The number of thioether (sulfide) groups is 2. The van der Waals surface area contributed by atoms with E-state index < -0.39 is 5.97 Å². The molecule has 1 aliphatic rings. The van der Waals surface area contributed by atoms with Crippen LogP contribution in [0.3, 0.4) is 0 Å². The molecule has 1 aromatic carbocycles. The third kappa shape index (κ3) is 3.14. The average Bonchev–Trinajstić information content (AvgIpc) is 2.94. The number of fused-ring (bicyclic) bond motifs is 1. The number of carboxylic acid groups (broad SMARTS) is 1. The summed E-state index contributed by atoms with van der Waals surface area (Å²) in [6.45, 7) is 0. The fraction of sp³-hybridized carbons (Fsp3) is 0.214. The van der Waals surface area contributed by atoms with Gasteiger partial charge in [-0.2, -0.15) is 11.8 Å². The number of nitrogens with zero attached hydrogens (tertiary/aromatic N) is 1. The van der Waals surface area contributed by atoms with Gasteiger partial charge in [-0.15, -0.1) is 0 Å². The largest absolute Gasteiger partial charge is 0.478 e. The smallest absolute Gasteiger partial charge is 0.335 e. The summed E-state index contributed by atoms with van der Waals surface area (Å²) in [4.78, 5) is 30.1. The van der Waals surface area contributed by atoms with Gasteiger partial charge in [-0.1, -0.05) is 23.9 Å². The molecule has 21 heavy (non-hydrogen) atoms. The number of carbonyl (C=O) groups is 1. The lowest BCUT2D eigenvalue weighted by Crippen LogP contribution is -2.14. The molecule has 0 bridgehead atoms. The normalized spacial score (nSPS) is 13.1. The predicted octanol–water partition coefficient (Wildman–Crippen LogP) is 2.51. The molecule has 3 rings (SSSR count). The number of rotatable bonds is 4. The molecular weight excluding hydrogens is 308 g/mol. The number of aromatic nitrogens is 2. The number of hydrogen-bond acceptors (Lipinski definition) is 5. The van der Waals surface area contributed by atoms with Crippen LogP contribution in [0.5, 0.6) is 0 Å².